The number of rotatable bonds is 5. The highest BCUT2D eigenvalue weighted by molar-refractivity contribution is 7.99. The van der Waals surface area contributed by atoms with Crippen molar-refractivity contribution in [3.05, 3.63) is 0 Å². The van der Waals surface area contributed by atoms with Crippen molar-refractivity contribution in [2.45, 2.75) is 38.1 Å². The van der Waals surface area contributed by atoms with Crippen LogP contribution in [0.2, 0.25) is 0 Å². The zero-order chi connectivity index (χ0) is 9.36. The van der Waals surface area contributed by atoms with Crippen molar-refractivity contribution in [3.8, 4) is 6.07 Å². The fourth-order valence-electron chi connectivity index (χ4n) is 1.54. The molecule has 0 aromatic rings. The van der Waals surface area contributed by atoms with Gasteiger partial charge in [-0.2, -0.15) is 17.0 Å². The van der Waals surface area contributed by atoms with Crippen LogP contribution < -0.4 is 5.32 Å². The predicted octanol–water partition coefficient (Wildman–Crippen LogP) is 2.17. The van der Waals surface area contributed by atoms with Crippen molar-refractivity contribution in [1.29, 1.82) is 5.26 Å². The third kappa shape index (κ3) is 5.17. The van der Waals surface area contributed by atoms with Crippen LogP contribution in [-0.2, 0) is 0 Å². The highest BCUT2D eigenvalue weighted by Gasteiger charge is 2.11. The fraction of sp³-hybridized carbons (Fsp3) is 0.900. The van der Waals surface area contributed by atoms with Gasteiger partial charge >= 0.3 is 0 Å². The van der Waals surface area contributed by atoms with E-state index in [0.29, 0.717) is 6.42 Å². The topological polar surface area (TPSA) is 35.8 Å². The molecule has 2 nitrogen and oxygen atoms in total. The second-order valence-electron chi connectivity index (χ2n) is 3.46. The molecule has 0 amide bonds. The first kappa shape index (κ1) is 10.9. The monoisotopic (exact) mass is 198 g/mol. The first-order chi connectivity index (χ1) is 6.43. The van der Waals surface area contributed by atoms with E-state index in [9.17, 15) is 0 Å². The number of unbranched alkanes of at least 4 members (excludes halogenated alkanes) is 2. The van der Waals surface area contributed by atoms with Crippen molar-refractivity contribution < 1.29 is 0 Å². The van der Waals surface area contributed by atoms with E-state index in [4.69, 9.17) is 5.26 Å². The van der Waals surface area contributed by atoms with Gasteiger partial charge in [-0.05, 0) is 43.7 Å². The molecule has 1 heterocycles. The molecule has 0 aromatic heterocycles. The Kier molecular flexibility index (Phi) is 6.05. The van der Waals surface area contributed by atoms with E-state index in [0.717, 1.165) is 25.4 Å². The number of nitrogens with zero attached hydrogens (tertiary/aromatic N) is 1. The standard InChI is InChI=1S/C10H18N2S/c11-6-2-1-3-7-12-10-4-8-13-9-5-10/h10,12H,1-5,7-9H2. The molecule has 1 N–H and O–H groups in total. The lowest BCUT2D eigenvalue weighted by molar-refractivity contribution is 0.473. The maximum absolute atomic E-state index is 8.34. The van der Waals surface area contributed by atoms with Gasteiger partial charge in [-0.1, -0.05) is 0 Å². The Morgan fingerprint density at radius 2 is 2.08 bits per heavy atom. The molecule has 1 aliphatic heterocycles. The van der Waals surface area contributed by atoms with Crippen LogP contribution in [0, 0.1) is 11.3 Å². The van der Waals surface area contributed by atoms with Crippen molar-refractivity contribution >= 4 is 11.8 Å². The molecule has 0 bridgehead atoms. The van der Waals surface area contributed by atoms with E-state index in [1.165, 1.54) is 24.3 Å². The minimum absolute atomic E-state index is 0.711. The van der Waals surface area contributed by atoms with Crippen LogP contribution in [0.15, 0.2) is 0 Å². The Morgan fingerprint density at radius 3 is 2.77 bits per heavy atom. The van der Waals surface area contributed by atoms with Gasteiger partial charge in [-0.15, -0.1) is 0 Å². The number of nitrogens with one attached hydrogen (secondary N) is 1. The molecule has 0 unspecified atom stereocenters. The lowest BCUT2D eigenvalue weighted by Crippen LogP contribution is -2.33. The molecule has 1 fully saturated rings. The molecule has 0 aromatic carbocycles. The molecule has 3 heteroatoms. The molecule has 0 radical (unpaired) electrons. The molecular weight excluding hydrogens is 180 g/mol. The first-order valence-electron chi connectivity index (χ1n) is 5.11. The van der Waals surface area contributed by atoms with Crippen LogP contribution in [-0.4, -0.2) is 24.1 Å². The summed E-state index contributed by atoms with van der Waals surface area (Å²) in [7, 11) is 0. The maximum Gasteiger partial charge on any atom is 0.0621 e. The Balaban J connectivity index is 1.90. The number of hydrogen-bond acceptors (Lipinski definition) is 3. The summed E-state index contributed by atoms with van der Waals surface area (Å²) in [5, 5.41) is 11.9. The van der Waals surface area contributed by atoms with E-state index in [-0.39, 0.29) is 0 Å². The average Bonchev–Trinajstić information content (AvgIpc) is 2.19. The molecule has 1 saturated heterocycles. The van der Waals surface area contributed by atoms with Gasteiger partial charge in [-0.25, -0.2) is 0 Å². The molecule has 13 heavy (non-hydrogen) atoms. The summed E-state index contributed by atoms with van der Waals surface area (Å²) in [5.41, 5.74) is 0. The van der Waals surface area contributed by atoms with Crippen LogP contribution >= 0.6 is 11.8 Å². The molecule has 0 aliphatic carbocycles. The smallest absolute Gasteiger partial charge is 0.0621 e. The summed E-state index contributed by atoms with van der Waals surface area (Å²) in [6.45, 7) is 1.09. The lowest BCUT2D eigenvalue weighted by atomic mass is 10.1. The summed E-state index contributed by atoms with van der Waals surface area (Å²) in [6, 6.07) is 2.93. The normalized spacial score (nSPS) is 18.4. The van der Waals surface area contributed by atoms with E-state index in [2.05, 4.69) is 23.1 Å². The third-order valence-corrected chi connectivity index (χ3v) is 3.42. The van der Waals surface area contributed by atoms with E-state index in [1.54, 1.807) is 0 Å². The van der Waals surface area contributed by atoms with Crippen molar-refractivity contribution in [3.63, 3.8) is 0 Å². The molecule has 0 spiro atoms. The first-order valence-corrected chi connectivity index (χ1v) is 6.27. The van der Waals surface area contributed by atoms with Crippen molar-refractivity contribution in [2.75, 3.05) is 18.1 Å². The second kappa shape index (κ2) is 7.23. The average molecular weight is 198 g/mol. The fourth-order valence-corrected chi connectivity index (χ4v) is 2.64. The molecule has 1 aliphatic rings. The van der Waals surface area contributed by atoms with Crippen molar-refractivity contribution in [1.82, 2.24) is 5.32 Å². The van der Waals surface area contributed by atoms with Crippen molar-refractivity contribution in [2.24, 2.45) is 0 Å². The number of hydrogen-bond donors (Lipinski definition) is 1. The Bertz CT molecular complexity index is 159. The highest BCUT2D eigenvalue weighted by Crippen LogP contribution is 2.16. The zero-order valence-electron chi connectivity index (χ0n) is 8.09. The van der Waals surface area contributed by atoms with Gasteiger partial charge in [0, 0.05) is 12.5 Å². The molecule has 0 atom stereocenters. The highest BCUT2D eigenvalue weighted by atomic mass is 32.2. The van der Waals surface area contributed by atoms with Gasteiger partial charge in [-0.3, -0.25) is 0 Å². The number of thioether (sulfide) groups is 1. The van der Waals surface area contributed by atoms with Crippen LogP contribution in [0.4, 0.5) is 0 Å². The van der Waals surface area contributed by atoms with E-state index >= 15 is 0 Å². The molecule has 1 rings (SSSR count). The van der Waals surface area contributed by atoms with Crippen LogP contribution in [0.1, 0.15) is 32.1 Å². The van der Waals surface area contributed by atoms with Gasteiger partial charge in [0.2, 0.25) is 0 Å². The summed E-state index contributed by atoms with van der Waals surface area (Å²) >= 11 is 2.06. The Hall–Kier alpha value is -0.200. The van der Waals surface area contributed by atoms with Gasteiger partial charge < -0.3 is 5.32 Å². The second-order valence-corrected chi connectivity index (χ2v) is 4.68. The van der Waals surface area contributed by atoms with E-state index < -0.39 is 0 Å². The largest absolute Gasteiger partial charge is 0.314 e. The zero-order valence-corrected chi connectivity index (χ0v) is 8.91. The van der Waals surface area contributed by atoms with Crippen LogP contribution in [0.3, 0.4) is 0 Å². The summed E-state index contributed by atoms with van der Waals surface area (Å²) in [6.07, 6.45) is 5.55. The molecule has 74 valence electrons. The quantitative estimate of drug-likeness (QED) is 0.688. The van der Waals surface area contributed by atoms with Crippen LogP contribution in [0.25, 0.3) is 0 Å². The van der Waals surface area contributed by atoms with Gasteiger partial charge in [0.1, 0.15) is 0 Å². The predicted molar refractivity (Wildman–Crippen MR) is 57.8 cm³/mol. The maximum atomic E-state index is 8.34. The Morgan fingerprint density at radius 1 is 1.31 bits per heavy atom. The lowest BCUT2D eigenvalue weighted by Gasteiger charge is -2.22. The van der Waals surface area contributed by atoms with E-state index in [1.807, 2.05) is 0 Å². The molecular formula is C10H18N2S. The minimum atomic E-state index is 0.711. The van der Waals surface area contributed by atoms with Gasteiger partial charge in [0.15, 0.2) is 0 Å². The SMILES string of the molecule is N#CCCCCNC1CCSCC1. The summed E-state index contributed by atoms with van der Waals surface area (Å²) in [4.78, 5) is 0. The van der Waals surface area contributed by atoms with Gasteiger partial charge in [0.05, 0.1) is 6.07 Å². The van der Waals surface area contributed by atoms with Crippen LogP contribution in [0.5, 0.6) is 0 Å². The summed E-state index contributed by atoms with van der Waals surface area (Å²) in [5.74, 6) is 2.63. The molecule has 0 saturated carbocycles. The minimum Gasteiger partial charge on any atom is -0.314 e. The van der Waals surface area contributed by atoms with Gasteiger partial charge in [0.25, 0.3) is 0 Å². The Labute approximate surface area is 85.1 Å². The summed E-state index contributed by atoms with van der Waals surface area (Å²) < 4.78 is 0. The third-order valence-electron chi connectivity index (χ3n) is 2.37. The number of nitriles is 1.